The molecule has 0 spiro atoms. The Bertz CT molecular complexity index is 746. The van der Waals surface area contributed by atoms with Crippen LogP contribution in [0.25, 0.3) is 0 Å². The van der Waals surface area contributed by atoms with Crippen LogP contribution >= 0.6 is 24.0 Å². The summed E-state index contributed by atoms with van der Waals surface area (Å²) in [6.07, 6.45) is 1.52. The van der Waals surface area contributed by atoms with E-state index in [0.717, 1.165) is 18.3 Å². The van der Waals surface area contributed by atoms with Crippen LogP contribution in [0.3, 0.4) is 0 Å². The molecule has 0 unspecified atom stereocenters. The number of nitrogens with zero attached hydrogens (tertiary/aromatic N) is 5. The van der Waals surface area contributed by atoms with Crippen molar-refractivity contribution in [2.45, 2.75) is 13.5 Å². The molecule has 0 atom stereocenters. The summed E-state index contributed by atoms with van der Waals surface area (Å²) in [5.74, 6) is 1.50. The molecular weight excluding hydrogens is 461 g/mol. The fourth-order valence-electron chi connectivity index (χ4n) is 2.27. The predicted octanol–water partition coefficient (Wildman–Crippen LogP) is 0.966. The molecule has 3 N–H and O–H groups in total. The number of hydrogen-bond donors (Lipinski definition) is 3. The zero-order valence-corrected chi connectivity index (χ0v) is 18.0. The number of benzene rings is 1. The van der Waals surface area contributed by atoms with Crippen molar-refractivity contribution in [3.05, 3.63) is 42.0 Å². The third-order valence-electron chi connectivity index (χ3n) is 3.67. The van der Waals surface area contributed by atoms with Gasteiger partial charge in [-0.2, -0.15) is 5.10 Å². The number of hydrogen-bond acceptors (Lipinski definition) is 5. The van der Waals surface area contributed by atoms with Crippen molar-refractivity contribution < 1.29 is 9.90 Å². The van der Waals surface area contributed by atoms with Crippen LogP contribution in [0, 0.1) is 0 Å². The molecule has 0 aliphatic rings. The normalized spacial score (nSPS) is 10.9. The van der Waals surface area contributed by atoms with Gasteiger partial charge >= 0.3 is 0 Å². The molecule has 1 aromatic carbocycles. The molecule has 27 heavy (non-hydrogen) atoms. The Labute approximate surface area is 175 Å². The standard InChI is InChI=1S/C17H25N7O2.HI/c1-4-18-17(23(2)11-15-21-12-22-24(15)3)20-10-9-19-16(26)13-5-7-14(25)8-6-13;/h5-8,12,25H,4,9-11H2,1-3H3,(H,18,20)(H,19,26);1H. The van der Waals surface area contributed by atoms with E-state index in [9.17, 15) is 9.90 Å². The van der Waals surface area contributed by atoms with Gasteiger partial charge in [0.05, 0.1) is 13.1 Å². The van der Waals surface area contributed by atoms with Gasteiger partial charge in [0.15, 0.2) is 5.96 Å². The number of rotatable bonds is 7. The first-order chi connectivity index (χ1) is 12.5. The van der Waals surface area contributed by atoms with Crippen molar-refractivity contribution in [1.82, 2.24) is 30.3 Å². The summed E-state index contributed by atoms with van der Waals surface area (Å²) in [5.41, 5.74) is 0.498. The average Bonchev–Trinajstić information content (AvgIpc) is 3.02. The zero-order valence-electron chi connectivity index (χ0n) is 15.7. The van der Waals surface area contributed by atoms with Crippen LogP contribution in [-0.2, 0) is 13.6 Å². The largest absolute Gasteiger partial charge is 0.508 e. The predicted molar refractivity (Wildman–Crippen MR) is 114 cm³/mol. The van der Waals surface area contributed by atoms with E-state index < -0.39 is 0 Å². The number of phenolic OH excluding ortho intramolecular Hbond substituents is 1. The van der Waals surface area contributed by atoms with Crippen LogP contribution in [0.1, 0.15) is 23.1 Å². The van der Waals surface area contributed by atoms with Crippen molar-refractivity contribution in [3.8, 4) is 5.75 Å². The molecule has 148 valence electrons. The maximum absolute atomic E-state index is 12.0. The van der Waals surface area contributed by atoms with Crippen LogP contribution < -0.4 is 10.6 Å². The van der Waals surface area contributed by atoms with E-state index in [1.807, 2.05) is 25.9 Å². The Kier molecular flexibility index (Phi) is 9.54. The van der Waals surface area contributed by atoms with Crippen LogP contribution in [-0.4, -0.2) is 63.3 Å². The fraction of sp³-hybridized carbons (Fsp3) is 0.412. The highest BCUT2D eigenvalue weighted by molar-refractivity contribution is 14.0. The highest BCUT2D eigenvalue weighted by Gasteiger charge is 2.10. The summed E-state index contributed by atoms with van der Waals surface area (Å²) in [6, 6.07) is 6.12. The summed E-state index contributed by atoms with van der Waals surface area (Å²) < 4.78 is 1.72. The Hall–Kier alpha value is -2.37. The monoisotopic (exact) mass is 487 g/mol. The first kappa shape index (κ1) is 22.7. The van der Waals surface area contributed by atoms with Crippen LogP contribution in [0.2, 0.25) is 0 Å². The van der Waals surface area contributed by atoms with Crippen molar-refractivity contribution in [2.24, 2.45) is 12.0 Å². The van der Waals surface area contributed by atoms with Crippen molar-refractivity contribution in [3.63, 3.8) is 0 Å². The quantitative estimate of drug-likeness (QED) is 0.233. The maximum Gasteiger partial charge on any atom is 0.251 e. The number of aliphatic imine (C=N–C) groups is 1. The molecule has 9 nitrogen and oxygen atoms in total. The minimum atomic E-state index is -0.197. The lowest BCUT2D eigenvalue weighted by Gasteiger charge is -2.21. The van der Waals surface area contributed by atoms with Crippen LogP contribution in [0.4, 0.5) is 0 Å². The molecular formula is C17H26IN7O2. The molecule has 0 saturated heterocycles. The topological polar surface area (TPSA) is 108 Å². The lowest BCUT2D eigenvalue weighted by atomic mass is 10.2. The molecule has 0 bridgehead atoms. The second kappa shape index (κ2) is 11.4. The number of guanidine groups is 1. The van der Waals surface area contributed by atoms with E-state index in [4.69, 9.17) is 0 Å². The Morgan fingerprint density at radius 2 is 2.00 bits per heavy atom. The third-order valence-corrected chi connectivity index (χ3v) is 3.67. The number of carbonyl (C=O) groups excluding carboxylic acids is 1. The van der Waals surface area contributed by atoms with E-state index in [2.05, 4.69) is 25.7 Å². The van der Waals surface area contributed by atoms with Gasteiger partial charge in [-0.1, -0.05) is 0 Å². The van der Waals surface area contributed by atoms with Crippen LogP contribution in [0.5, 0.6) is 5.75 Å². The van der Waals surface area contributed by atoms with Crippen molar-refractivity contribution in [2.75, 3.05) is 26.7 Å². The van der Waals surface area contributed by atoms with Gasteiger partial charge in [-0.25, -0.2) is 4.98 Å². The SMILES string of the molecule is CCNC(=NCCNC(=O)c1ccc(O)cc1)N(C)Cc1ncnn1C.I. The van der Waals surface area contributed by atoms with Crippen molar-refractivity contribution >= 4 is 35.8 Å². The molecule has 10 heteroatoms. The number of nitrogens with one attached hydrogen (secondary N) is 2. The van der Waals surface area contributed by atoms with Gasteiger partial charge in [0.25, 0.3) is 5.91 Å². The minimum absolute atomic E-state index is 0. The number of phenols is 1. The number of aromatic hydroxyl groups is 1. The van der Waals surface area contributed by atoms with Gasteiger partial charge in [0.2, 0.25) is 0 Å². The van der Waals surface area contributed by atoms with E-state index in [-0.39, 0.29) is 35.6 Å². The molecule has 0 radical (unpaired) electrons. The first-order valence-corrected chi connectivity index (χ1v) is 8.40. The zero-order chi connectivity index (χ0) is 18.9. The van der Waals surface area contributed by atoms with Crippen LogP contribution in [0.15, 0.2) is 35.6 Å². The van der Waals surface area contributed by atoms with Gasteiger partial charge in [-0.3, -0.25) is 14.5 Å². The molecule has 1 heterocycles. The number of halogens is 1. The summed E-state index contributed by atoms with van der Waals surface area (Å²) in [6.45, 7) is 4.16. The second-order valence-electron chi connectivity index (χ2n) is 5.69. The highest BCUT2D eigenvalue weighted by Crippen LogP contribution is 2.09. The lowest BCUT2D eigenvalue weighted by molar-refractivity contribution is 0.0955. The van der Waals surface area contributed by atoms with Gasteiger partial charge in [-0.05, 0) is 31.2 Å². The molecule has 2 aromatic rings. The lowest BCUT2D eigenvalue weighted by Crippen LogP contribution is -2.39. The smallest absolute Gasteiger partial charge is 0.251 e. The molecule has 2 rings (SSSR count). The first-order valence-electron chi connectivity index (χ1n) is 8.40. The molecule has 0 saturated carbocycles. The van der Waals surface area contributed by atoms with E-state index >= 15 is 0 Å². The fourth-order valence-corrected chi connectivity index (χ4v) is 2.27. The summed E-state index contributed by atoms with van der Waals surface area (Å²) in [7, 11) is 3.77. The van der Waals surface area contributed by atoms with Gasteiger partial charge in [0, 0.05) is 32.7 Å². The second-order valence-corrected chi connectivity index (χ2v) is 5.69. The number of aromatic nitrogens is 3. The van der Waals surface area contributed by atoms with E-state index in [1.54, 1.807) is 16.8 Å². The maximum atomic E-state index is 12.0. The molecule has 0 fully saturated rings. The van der Waals surface area contributed by atoms with Crippen molar-refractivity contribution in [1.29, 1.82) is 0 Å². The van der Waals surface area contributed by atoms with Gasteiger partial charge in [0.1, 0.15) is 17.9 Å². The minimum Gasteiger partial charge on any atom is -0.508 e. The summed E-state index contributed by atoms with van der Waals surface area (Å²) in [5, 5.41) is 19.3. The average molecular weight is 487 g/mol. The molecule has 0 aliphatic carbocycles. The van der Waals surface area contributed by atoms with Gasteiger partial charge < -0.3 is 20.6 Å². The number of amides is 1. The molecule has 0 aliphatic heterocycles. The third kappa shape index (κ3) is 7.04. The summed E-state index contributed by atoms with van der Waals surface area (Å²) in [4.78, 5) is 22.7. The number of aryl methyl sites for hydroxylation is 1. The van der Waals surface area contributed by atoms with E-state index in [0.29, 0.717) is 25.2 Å². The Morgan fingerprint density at radius 1 is 1.30 bits per heavy atom. The van der Waals surface area contributed by atoms with Gasteiger partial charge in [-0.15, -0.1) is 24.0 Å². The molecule has 1 aromatic heterocycles. The highest BCUT2D eigenvalue weighted by atomic mass is 127. The summed E-state index contributed by atoms with van der Waals surface area (Å²) >= 11 is 0. The van der Waals surface area contributed by atoms with E-state index in [1.165, 1.54) is 18.5 Å². The molecule has 1 amide bonds. The Morgan fingerprint density at radius 3 is 2.59 bits per heavy atom. The Balaban J connectivity index is 0.00000364. The number of carbonyl (C=O) groups is 1.